The third kappa shape index (κ3) is 30.0. The van der Waals surface area contributed by atoms with E-state index in [1.54, 1.807) is 41.5 Å². The molecule has 0 fully saturated rings. The largest absolute Gasteiger partial charge is 0.459 e. The maximum atomic E-state index is 15.4. The zero-order valence-electron chi connectivity index (χ0n) is 51.8. The number of carbonyl (C=O) groups excluding carboxylic acids is 6. The van der Waals surface area contributed by atoms with E-state index < -0.39 is 106 Å². The van der Waals surface area contributed by atoms with Gasteiger partial charge in [0.15, 0.2) is 0 Å². The van der Waals surface area contributed by atoms with Crippen LogP contribution in [0.2, 0.25) is 0 Å². The van der Waals surface area contributed by atoms with Crippen LogP contribution in [0.25, 0.3) is 0 Å². The van der Waals surface area contributed by atoms with Crippen LogP contribution in [0.15, 0.2) is 0 Å². The van der Waals surface area contributed by atoms with E-state index in [1.165, 1.54) is 0 Å². The fourth-order valence-corrected chi connectivity index (χ4v) is 9.99. The molecule has 1 aromatic rings. The lowest BCUT2D eigenvalue weighted by molar-refractivity contribution is 0.0204. The third-order valence-electron chi connectivity index (χ3n) is 14.9. The van der Waals surface area contributed by atoms with Gasteiger partial charge < -0.3 is 28.4 Å². The maximum absolute atomic E-state index is 15.4. The lowest BCUT2D eigenvalue weighted by Gasteiger charge is -2.26. The van der Waals surface area contributed by atoms with Crippen LogP contribution in [0.4, 0.5) is 0 Å². The van der Waals surface area contributed by atoms with E-state index >= 15 is 28.8 Å². The zero-order chi connectivity index (χ0) is 58.1. The Balaban J connectivity index is 4.68. The standard InChI is InChI=1S/C66H114O12/c1-13-19-25-31-37-43-49(7)73-61(67)55-56(62(68)74-50(8)44-38-32-26-20-14-2)58(64(70)76-52(10)46-40-34-28-22-16-4)60(66(72)78-54(12)48-42-36-30-24-18-6)59(65(71)77-53(11)47-41-35-29-23-17-5)57(55)63(69)75-51(9)45-39-33-27-21-15-3/h49-54H,13-48H2,1-12H3/t49-,50-,51-,52-,53-,54-/m1/s1. The van der Waals surface area contributed by atoms with Crippen LogP contribution in [-0.4, -0.2) is 72.4 Å². The van der Waals surface area contributed by atoms with Crippen molar-refractivity contribution < 1.29 is 57.2 Å². The average Bonchev–Trinajstić information content (AvgIpc) is 3.41. The minimum atomic E-state index is -1.15. The van der Waals surface area contributed by atoms with Gasteiger partial charge in [-0.25, -0.2) is 28.8 Å². The highest BCUT2D eigenvalue weighted by Crippen LogP contribution is 2.36. The first-order valence-corrected chi connectivity index (χ1v) is 32.0. The number of rotatable bonds is 48. The van der Waals surface area contributed by atoms with Gasteiger partial charge in [0.2, 0.25) is 0 Å². The van der Waals surface area contributed by atoms with Crippen molar-refractivity contribution in [2.45, 2.75) is 351 Å². The topological polar surface area (TPSA) is 158 Å². The fraction of sp³-hybridized carbons (Fsp3) is 0.818. The van der Waals surface area contributed by atoms with Gasteiger partial charge in [0.25, 0.3) is 0 Å². The Hall–Kier alpha value is -3.96. The lowest BCUT2D eigenvalue weighted by Crippen LogP contribution is -2.34. The van der Waals surface area contributed by atoms with E-state index in [0.29, 0.717) is 38.5 Å². The summed E-state index contributed by atoms with van der Waals surface area (Å²) in [6.45, 7) is 23.2. The van der Waals surface area contributed by atoms with Crippen LogP contribution in [0.1, 0.15) is 376 Å². The number of hydrogen-bond donors (Lipinski definition) is 0. The quantitative estimate of drug-likeness (QED) is 0.0346. The molecule has 0 radical (unpaired) electrons. The summed E-state index contributed by atoms with van der Waals surface area (Å²) in [5, 5.41) is 0. The second-order valence-corrected chi connectivity index (χ2v) is 22.8. The van der Waals surface area contributed by atoms with Crippen molar-refractivity contribution in [1.29, 1.82) is 0 Å². The molecular formula is C66H114O12. The van der Waals surface area contributed by atoms with Crippen molar-refractivity contribution >= 4 is 35.8 Å². The highest BCUT2D eigenvalue weighted by atomic mass is 16.6. The van der Waals surface area contributed by atoms with Crippen molar-refractivity contribution in [2.75, 3.05) is 0 Å². The minimum Gasteiger partial charge on any atom is -0.459 e. The van der Waals surface area contributed by atoms with Crippen molar-refractivity contribution in [1.82, 2.24) is 0 Å². The first kappa shape index (κ1) is 72.1. The van der Waals surface area contributed by atoms with Crippen LogP contribution in [0, 0.1) is 0 Å². The molecule has 0 N–H and O–H groups in total. The van der Waals surface area contributed by atoms with Gasteiger partial charge in [-0.05, 0) is 119 Å². The van der Waals surface area contributed by atoms with Gasteiger partial charge in [0.1, 0.15) is 0 Å². The molecule has 0 aromatic heterocycles. The second kappa shape index (κ2) is 44.7. The van der Waals surface area contributed by atoms with Gasteiger partial charge in [0, 0.05) is 0 Å². The second-order valence-electron chi connectivity index (χ2n) is 22.8. The maximum Gasteiger partial charge on any atom is 0.340 e. The first-order chi connectivity index (χ1) is 37.5. The van der Waals surface area contributed by atoms with E-state index in [9.17, 15) is 0 Å². The highest BCUT2D eigenvalue weighted by molar-refractivity contribution is 6.24. The number of esters is 6. The molecule has 0 saturated heterocycles. The van der Waals surface area contributed by atoms with Gasteiger partial charge in [-0.1, -0.05) is 196 Å². The molecule has 12 heteroatoms. The summed E-state index contributed by atoms with van der Waals surface area (Å²) in [4.78, 5) is 92.4. The Morgan fingerprint density at radius 3 is 0.449 bits per heavy atom. The third-order valence-corrected chi connectivity index (χ3v) is 14.9. The fourth-order valence-electron chi connectivity index (χ4n) is 9.99. The van der Waals surface area contributed by atoms with E-state index in [1.807, 2.05) is 0 Å². The Bertz CT molecular complexity index is 1470. The molecule has 0 amide bonds. The molecule has 1 rings (SSSR count). The van der Waals surface area contributed by atoms with Gasteiger partial charge in [0.05, 0.1) is 70.0 Å². The molecule has 0 aliphatic heterocycles. The molecule has 0 bridgehead atoms. The summed E-state index contributed by atoms with van der Waals surface area (Å²) in [6.07, 6.45) is 27.2. The normalized spacial score (nSPS) is 13.7. The summed E-state index contributed by atoms with van der Waals surface area (Å²) in [6, 6.07) is 0. The number of carbonyl (C=O) groups is 6. The number of unbranched alkanes of at least 4 members (excludes halogenated alkanes) is 24. The van der Waals surface area contributed by atoms with Crippen molar-refractivity contribution in [3.63, 3.8) is 0 Å². The van der Waals surface area contributed by atoms with Crippen LogP contribution in [0.5, 0.6) is 0 Å². The van der Waals surface area contributed by atoms with Crippen LogP contribution < -0.4 is 0 Å². The monoisotopic (exact) mass is 1100 g/mol. The zero-order valence-corrected chi connectivity index (χ0v) is 51.8. The highest BCUT2D eigenvalue weighted by Gasteiger charge is 2.45. The van der Waals surface area contributed by atoms with Crippen LogP contribution in [0.3, 0.4) is 0 Å². The van der Waals surface area contributed by atoms with E-state index in [0.717, 1.165) is 193 Å². The minimum absolute atomic E-state index is 0.467. The molecule has 78 heavy (non-hydrogen) atoms. The Labute approximate surface area is 475 Å². The molecule has 0 aliphatic carbocycles. The van der Waals surface area contributed by atoms with Gasteiger partial charge >= 0.3 is 35.8 Å². The van der Waals surface area contributed by atoms with Crippen molar-refractivity contribution in [2.24, 2.45) is 0 Å². The number of hydrogen-bond acceptors (Lipinski definition) is 12. The van der Waals surface area contributed by atoms with Crippen molar-refractivity contribution in [3.05, 3.63) is 33.4 Å². The van der Waals surface area contributed by atoms with Gasteiger partial charge in [-0.2, -0.15) is 0 Å². The molecule has 0 saturated carbocycles. The number of benzene rings is 1. The molecule has 0 heterocycles. The summed E-state index contributed by atoms with van der Waals surface area (Å²) >= 11 is 0. The summed E-state index contributed by atoms with van der Waals surface area (Å²) in [5.41, 5.74) is -4.21. The van der Waals surface area contributed by atoms with Crippen LogP contribution >= 0.6 is 0 Å². The summed E-state index contributed by atoms with van der Waals surface area (Å²) in [5.74, 6) is -6.88. The average molecular weight is 1100 g/mol. The predicted molar refractivity (Wildman–Crippen MR) is 316 cm³/mol. The molecule has 6 atom stereocenters. The summed E-state index contributed by atoms with van der Waals surface area (Å²) < 4.78 is 37.2. The molecule has 0 unspecified atom stereocenters. The lowest BCUT2D eigenvalue weighted by atomic mass is 9.85. The summed E-state index contributed by atoms with van der Waals surface area (Å²) in [7, 11) is 0. The molecule has 1 aromatic carbocycles. The first-order valence-electron chi connectivity index (χ1n) is 32.0. The van der Waals surface area contributed by atoms with E-state index in [4.69, 9.17) is 28.4 Å². The molecular weight excluding hydrogens is 985 g/mol. The van der Waals surface area contributed by atoms with E-state index in [2.05, 4.69) is 41.5 Å². The Morgan fingerprint density at radius 2 is 0.333 bits per heavy atom. The number of ether oxygens (including phenoxy) is 6. The van der Waals surface area contributed by atoms with Crippen LogP contribution in [-0.2, 0) is 28.4 Å². The van der Waals surface area contributed by atoms with Crippen molar-refractivity contribution in [3.8, 4) is 0 Å². The molecule has 450 valence electrons. The van der Waals surface area contributed by atoms with E-state index in [-0.39, 0.29) is 0 Å². The molecule has 0 aliphatic rings. The Morgan fingerprint density at radius 1 is 0.218 bits per heavy atom. The predicted octanol–water partition coefficient (Wildman–Crippen LogP) is 19.1. The molecule has 0 spiro atoms. The van der Waals surface area contributed by atoms with Gasteiger partial charge in [-0.3, -0.25) is 0 Å². The molecule has 12 nitrogen and oxygen atoms in total. The SMILES string of the molecule is CCCCCCC[C@@H](C)OC(=O)c1c(C(=O)O[C@H](C)CCCCCCC)c(C(=O)O[C@H](C)CCCCCCC)c(C(=O)O[C@H](C)CCCCCCC)c(C(=O)O[C@H](C)CCCCCCC)c1C(=O)O[C@H](C)CCCCCCC. The smallest absolute Gasteiger partial charge is 0.340 e. The Kier molecular flexibility index (Phi) is 41.3. The van der Waals surface area contributed by atoms with Gasteiger partial charge in [-0.15, -0.1) is 0 Å².